The van der Waals surface area contributed by atoms with Crippen molar-refractivity contribution in [2.24, 2.45) is 0 Å². The Hall–Kier alpha value is 0.980. The van der Waals surface area contributed by atoms with Crippen LogP contribution < -0.4 is 0 Å². The summed E-state index contributed by atoms with van der Waals surface area (Å²) in [5, 5.41) is 9.32. The molecular weight excluding hydrogens is 929 g/mol. The highest BCUT2D eigenvalue weighted by Gasteiger charge is 2.33. The molecule has 4 atom stereocenters. The molecule has 258 valence electrons. The molecule has 0 heterocycles. The zero-order chi connectivity index (χ0) is 33.3. The van der Waals surface area contributed by atoms with E-state index >= 15 is 0 Å². The minimum absolute atomic E-state index is 0. The smallest absolute Gasteiger partial charge is 0.460 e. The van der Waals surface area contributed by atoms with Gasteiger partial charge in [-0.1, -0.05) is 14.4 Å². The second-order valence-corrected chi connectivity index (χ2v) is 14.5. The first-order valence-electron chi connectivity index (χ1n) is 12.9. The number of halogens is 7. The Balaban J connectivity index is 0. The SMILES string of the molecule is C.CC(CCl)OP(=O)(OC(C)CCl)OC(C)CCl.CCCOCCOC(=O)c1c(Br)c(Br)c(Br)c(Br)c1C(=O)OCC(C)O. The van der Waals surface area contributed by atoms with Crippen molar-refractivity contribution in [2.75, 3.05) is 44.1 Å². The standard InChI is InChI=1S/C16H18Br4O6.C9H18Cl3O4P.CH4/c1-3-4-24-5-6-25-15(22)9-10(16(23)26-7-8(2)21)12(18)14(20)13(19)11(9)17;1-7(4-10)14-17(13,15-8(2)5-11)16-9(3)6-12;/h8,21H,3-7H2,1-2H3;7-9H,4-6H2,1-3H3;1H4. The number of hydrogen-bond acceptors (Lipinski definition) is 10. The lowest BCUT2D eigenvalue weighted by atomic mass is 10.1. The van der Waals surface area contributed by atoms with Gasteiger partial charge in [0.15, 0.2) is 0 Å². The molecular formula is C26H40Br4Cl3O10P. The largest absolute Gasteiger partial charge is 0.475 e. The fourth-order valence-electron chi connectivity index (χ4n) is 2.62. The Morgan fingerprint density at radius 3 is 1.45 bits per heavy atom. The first-order valence-corrected chi connectivity index (χ1v) is 19.1. The summed E-state index contributed by atoms with van der Waals surface area (Å²) in [4.78, 5) is 25.0. The minimum Gasteiger partial charge on any atom is -0.460 e. The summed E-state index contributed by atoms with van der Waals surface area (Å²) in [5.74, 6) is -0.917. The molecule has 18 heteroatoms. The monoisotopic (exact) mass is 964 g/mol. The third kappa shape index (κ3) is 17.4. The van der Waals surface area contributed by atoms with Gasteiger partial charge in [-0.2, -0.15) is 0 Å². The van der Waals surface area contributed by atoms with Crippen LogP contribution in [0.15, 0.2) is 17.9 Å². The number of ether oxygens (including phenoxy) is 3. The van der Waals surface area contributed by atoms with Crippen LogP contribution in [-0.4, -0.2) is 85.5 Å². The van der Waals surface area contributed by atoms with Crippen molar-refractivity contribution in [3.8, 4) is 0 Å². The maximum atomic E-state index is 12.6. The summed E-state index contributed by atoms with van der Waals surface area (Å²) in [6.45, 7) is 9.17. The van der Waals surface area contributed by atoms with Gasteiger partial charge in [-0.15, -0.1) is 34.8 Å². The molecule has 0 bridgehead atoms. The molecule has 1 N–H and O–H groups in total. The summed E-state index contributed by atoms with van der Waals surface area (Å²) in [6.07, 6.45) is -1.32. The highest BCUT2D eigenvalue weighted by molar-refractivity contribution is 9.15. The Labute approximate surface area is 308 Å². The molecule has 0 aliphatic carbocycles. The normalized spacial score (nSPS) is 15.0. The number of aliphatic hydroxyl groups is 1. The van der Waals surface area contributed by atoms with Crippen LogP contribution in [0.1, 0.15) is 69.2 Å². The second-order valence-electron chi connectivity index (χ2n) is 8.86. The molecule has 1 aromatic carbocycles. The summed E-state index contributed by atoms with van der Waals surface area (Å²) in [5.41, 5.74) is 0.00473. The van der Waals surface area contributed by atoms with E-state index in [1.54, 1.807) is 20.8 Å². The lowest BCUT2D eigenvalue weighted by molar-refractivity contribution is 0.0266. The first-order chi connectivity index (χ1) is 20.1. The zero-order valence-electron chi connectivity index (χ0n) is 24.2. The number of carbonyl (C=O) groups is 2. The van der Waals surface area contributed by atoms with Gasteiger partial charge in [0.05, 0.1) is 42.1 Å². The molecule has 44 heavy (non-hydrogen) atoms. The minimum atomic E-state index is -3.69. The van der Waals surface area contributed by atoms with Crippen LogP contribution in [0.25, 0.3) is 0 Å². The Morgan fingerprint density at radius 1 is 0.727 bits per heavy atom. The number of hydrogen-bond donors (Lipinski definition) is 1. The molecule has 0 aliphatic rings. The van der Waals surface area contributed by atoms with Crippen molar-refractivity contribution < 1.29 is 47.0 Å². The van der Waals surface area contributed by atoms with E-state index in [0.717, 1.165) is 6.42 Å². The van der Waals surface area contributed by atoms with E-state index in [1.807, 2.05) is 6.92 Å². The van der Waals surface area contributed by atoms with Crippen LogP contribution in [0.3, 0.4) is 0 Å². The Bertz CT molecular complexity index is 1030. The quantitative estimate of drug-likeness (QED) is 0.0380. The predicted octanol–water partition coefficient (Wildman–Crippen LogP) is 9.52. The summed E-state index contributed by atoms with van der Waals surface area (Å²) in [6, 6.07) is 0. The van der Waals surface area contributed by atoms with Crippen molar-refractivity contribution in [1.29, 1.82) is 0 Å². The molecule has 0 spiro atoms. The molecule has 0 amide bonds. The fourth-order valence-corrected chi connectivity index (χ4v) is 7.20. The van der Waals surface area contributed by atoms with E-state index in [1.165, 1.54) is 6.92 Å². The number of carbonyl (C=O) groups excluding carboxylic acids is 2. The second kappa shape index (κ2) is 25.0. The van der Waals surface area contributed by atoms with Gasteiger partial charge in [-0.05, 0) is 97.8 Å². The van der Waals surface area contributed by atoms with Gasteiger partial charge in [0.25, 0.3) is 0 Å². The van der Waals surface area contributed by atoms with Gasteiger partial charge < -0.3 is 19.3 Å². The van der Waals surface area contributed by atoms with Gasteiger partial charge in [-0.3, -0.25) is 13.6 Å². The third-order valence-electron chi connectivity index (χ3n) is 4.52. The molecule has 1 rings (SSSR count). The number of alkyl halides is 3. The van der Waals surface area contributed by atoms with Crippen LogP contribution in [0.4, 0.5) is 0 Å². The van der Waals surface area contributed by atoms with Crippen LogP contribution in [0.5, 0.6) is 0 Å². The van der Waals surface area contributed by atoms with E-state index in [0.29, 0.717) is 24.5 Å². The van der Waals surface area contributed by atoms with Crippen molar-refractivity contribution in [3.05, 3.63) is 29.0 Å². The maximum Gasteiger partial charge on any atom is 0.475 e. The topological polar surface area (TPSA) is 127 Å². The first kappa shape index (κ1) is 47.1. The van der Waals surface area contributed by atoms with E-state index < -0.39 is 44.2 Å². The van der Waals surface area contributed by atoms with Crippen LogP contribution in [0, 0.1) is 0 Å². The number of esters is 2. The molecule has 0 saturated heterocycles. The summed E-state index contributed by atoms with van der Waals surface area (Å²) >= 11 is 30.1. The highest BCUT2D eigenvalue weighted by atomic mass is 79.9. The summed E-state index contributed by atoms with van der Waals surface area (Å²) < 4.78 is 45.1. The Morgan fingerprint density at radius 2 is 1.11 bits per heavy atom. The molecule has 4 unspecified atom stereocenters. The number of aliphatic hydroxyl groups excluding tert-OH is 1. The fraction of sp³-hybridized carbons (Fsp3) is 0.692. The maximum absolute atomic E-state index is 12.6. The van der Waals surface area contributed by atoms with Crippen molar-refractivity contribution in [1.82, 2.24) is 0 Å². The molecule has 1 aromatic rings. The highest BCUT2D eigenvalue weighted by Crippen LogP contribution is 2.53. The molecule has 0 radical (unpaired) electrons. The summed E-state index contributed by atoms with van der Waals surface area (Å²) in [7, 11) is -3.69. The van der Waals surface area contributed by atoms with E-state index in [2.05, 4.69) is 63.7 Å². The van der Waals surface area contributed by atoms with Crippen molar-refractivity contribution in [2.45, 2.75) is 72.9 Å². The average Bonchev–Trinajstić information content (AvgIpc) is 2.95. The van der Waals surface area contributed by atoms with Crippen molar-refractivity contribution >= 4 is 118 Å². The van der Waals surface area contributed by atoms with Gasteiger partial charge in [0.1, 0.15) is 13.2 Å². The lowest BCUT2D eigenvalue weighted by Crippen LogP contribution is -2.20. The molecule has 0 aliphatic heterocycles. The number of rotatable bonds is 18. The van der Waals surface area contributed by atoms with Crippen LogP contribution in [0.2, 0.25) is 0 Å². The van der Waals surface area contributed by atoms with Gasteiger partial charge in [0.2, 0.25) is 0 Å². The predicted molar refractivity (Wildman–Crippen MR) is 189 cm³/mol. The average molecular weight is 970 g/mol. The van der Waals surface area contributed by atoms with Gasteiger partial charge in [0, 0.05) is 42.1 Å². The lowest BCUT2D eigenvalue weighted by Gasteiger charge is -2.25. The number of phosphoric ester groups is 1. The van der Waals surface area contributed by atoms with E-state index in [4.69, 9.17) is 62.6 Å². The van der Waals surface area contributed by atoms with E-state index in [9.17, 15) is 19.3 Å². The molecule has 10 nitrogen and oxygen atoms in total. The Kier molecular flexibility index (Phi) is 26.8. The van der Waals surface area contributed by atoms with Crippen molar-refractivity contribution in [3.63, 3.8) is 0 Å². The zero-order valence-corrected chi connectivity index (χ0v) is 33.7. The van der Waals surface area contributed by atoms with Crippen LogP contribution >= 0.6 is 106 Å². The van der Waals surface area contributed by atoms with Gasteiger partial charge >= 0.3 is 19.8 Å². The van der Waals surface area contributed by atoms with E-state index in [-0.39, 0.29) is 56.0 Å². The number of benzene rings is 1. The number of phosphoric acid groups is 1. The molecule has 0 fully saturated rings. The van der Waals surface area contributed by atoms with Crippen LogP contribution in [-0.2, 0) is 32.3 Å². The molecule has 0 aromatic heterocycles. The van der Waals surface area contributed by atoms with Gasteiger partial charge in [-0.25, -0.2) is 14.2 Å². The third-order valence-corrected chi connectivity index (χ3v) is 12.4. The molecule has 0 saturated carbocycles.